The molecule has 0 aromatic carbocycles. The maximum absolute atomic E-state index is 10.9. The van der Waals surface area contributed by atoms with E-state index in [2.05, 4.69) is 13.8 Å². The number of carbonyl (C=O) groups excluding carboxylic acids is 1. The van der Waals surface area contributed by atoms with Crippen LogP contribution < -0.4 is 5.73 Å². The molecular formula is C13H28AlNO3S. The molecule has 6 heteroatoms. The Kier molecular flexibility index (Phi) is 13.5. The molecule has 0 aromatic rings. The van der Waals surface area contributed by atoms with Crippen LogP contribution in [0.5, 0.6) is 0 Å². The third kappa shape index (κ3) is 11.8. The summed E-state index contributed by atoms with van der Waals surface area (Å²) in [6, 6.07) is 0. The molecule has 2 N–H and O–H groups in total. The third-order valence-electron chi connectivity index (χ3n) is 2.60. The van der Waals surface area contributed by atoms with Crippen LogP contribution in [0.25, 0.3) is 0 Å². The fraction of sp³-hybridized carbons (Fsp3) is 0.923. The highest BCUT2D eigenvalue weighted by Gasteiger charge is 2.23. The minimum atomic E-state index is -1.46. The van der Waals surface area contributed by atoms with Gasteiger partial charge in [-0.2, -0.15) is 11.8 Å². The van der Waals surface area contributed by atoms with Gasteiger partial charge in [0, 0.05) is 24.9 Å². The molecule has 0 aliphatic heterocycles. The van der Waals surface area contributed by atoms with E-state index in [1.165, 1.54) is 0 Å². The molecule has 0 heterocycles. The molecule has 0 fully saturated rings. The highest BCUT2D eigenvalue weighted by atomic mass is 32.2. The van der Waals surface area contributed by atoms with Gasteiger partial charge < -0.3 is 13.3 Å². The number of rotatable bonds is 13. The minimum absolute atomic E-state index is 0.0364. The van der Waals surface area contributed by atoms with Crippen LogP contribution >= 0.6 is 11.8 Å². The first-order valence-corrected chi connectivity index (χ1v) is 10.1. The van der Waals surface area contributed by atoms with Crippen molar-refractivity contribution in [3.05, 3.63) is 0 Å². The quantitative estimate of drug-likeness (QED) is 0.420. The lowest BCUT2D eigenvalue weighted by Gasteiger charge is -2.12. The van der Waals surface area contributed by atoms with E-state index >= 15 is 0 Å². The molecule has 0 spiro atoms. The molecule has 4 nitrogen and oxygen atoms in total. The van der Waals surface area contributed by atoms with Crippen molar-refractivity contribution in [2.45, 2.75) is 45.3 Å². The van der Waals surface area contributed by atoms with Gasteiger partial charge in [0.1, 0.15) is 0 Å². The van der Waals surface area contributed by atoms with Crippen LogP contribution in [0, 0.1) is 5.92 Å². The number of carbonyl (C=O) groups is 1. The van der Waals surface area contributed by atoms with Gasteiger partial charge in [-0.3, -0.25) is 4.79 Å². The van der Waals surface area contributed by atoms with Gasteiger partial charge in [-0.05, 0) is 23.9 Å². The van der Waals surface area contributed by atoms with Crippen LogP contribution in [0.15, 0.2) is 0 Å². The lowest BCUT2D eigenvalue weighted by Crippen LogP contribution is -2.24. The summed E-state index contributed by atoms with van der Waals surface area (Å²) in [7, 11) is 0. The van der Waals surface area contributed by atoms with Crippen molar-refractivity contribution in [3.8, 4) is 0 Å². The highest BCUT2D eigenvalue weighted by molar-refractivity contribution is 7.99. The molecule has 0 bridgehead atoms. The SMILES string of the molecule is CCC[O][Al]([CH2]CCSCC(C)C(N)=O)[O]CCC. The third-order valence-corrected chi connectivity index (χ3v) is 6.01. The fourth-order valence-electron chi connectivity index (χ4n) is 1.41. The summed E-state index contributed by atoms with van der Waals surface area (Å²) in [4.78, 5) is 10.9. The standard InChI is InChI=1S/C7H14NOS.2C3H7O.Al/c1-3-4-10-5-6(2)7(8)9;2*1-2-3-4;/h6H,1,3-5H2,2H3,(H2,8,9);2*2-3H2,1H3;/q;2*-1;+2. The summed E-state index contributed by atoms with van der Waals surface area (Å²) in [6.45, 7) is 7.74. The van der Waals surface area contributed by atoms with Gasteiger partial charge in [-0.1, -0.05) is 27.2 Å². The summed E-state index contributed by atoms with van der Waals surface area (Å²) in [5, 5.41) is 1.05. The molecule has 0 aliphatic rings. The molecule has 112 valence electrons. The largest absolute Gasteiger partial charge is 0.674 e. The van der Waals surface area contributed by atoms with Gasteiger partial charge in [0.05, 0.1) is 0 Å². The monoisotopic (exact) mass is 305 g/mol. The van der Waals surface area contributed by atoms with Crippen molar-refractivity contribution in [2.75, 3.05) is 24.7 Å². The molecule has 19 heavy (non-hydrogen) atoms. The maximum atomic E-state index is 10.9. The second-order valence-electron chi connectivity index (χ2n) is 4.69. The first-order valence-electron chi connectivity index (χ1n) is 7.22. The van der Waals surface area contributed by atoms with E-state index in [4.69, 9.17) is 13.3 Å². The molecular weight excluding hydrogens is 277 g/mol. The summed E-state index contributed by atoms with van der Waals surface area (Å²) in [5.74, 6) is 1.61. The predicted octanol–water partition coefficient (Wildman–Crippen LogP) is 2.57. The predicted molar refractivity (Wildman–Crippen MR) is 83.3 cm³/mol. The van der Waals surface area contributed by atoms with Crippen LogP contribution in [-0.2, 0) is 12.4 Å². The summed E-state index contributed by atoms with van der Waals surface area (Å²) >= 11 is 0.329. The van der Waals surface area contributed by atoms with Crippen molar-refractivity contribution >= 4 is 32.5 Å². The van der Waals surface area contributed by atoms with Crippen molar-refractivity contribution < 1.29 is 12.4 Å². The van der Waals surface area contributed by atoms with Crippen LogP contribution in [0.1, 0.15) is 40.0 Å². The maximum Gasteiger partial charge on any atom is 0.674 e. The lowest BCUT2D eigenvalue weighted by molar-refractivity contribution is -0.120. The molecule has 1 amide bonds. The first-order chi connectivity index (χ1) is 9.11. The second kappa shape index (κ2) is 13.3. The fourth-order valence-corrected chi connectivity index (χ4v) is 4.72. The highest BCUT2D eigenvalue weighted by Crippen LogP contribution is 2.12. The number of hydrogen-bond acceptors (Lipinski definition) is 4. The number of amides is 1. The van der Waals surface area contributed by atoms with Crippen molar-refractivity contribution in [1.82, 2.24) is 0 Å². The Hall–Kier alpha value is 0.272. The van der Waals surface area contributed by atoms with Crippen molar-refractivity contribution in [2.24, 2.45) is 11.7 Å². The molecule has 0 aliphatic carbocycles. The summed E-state index contributed by atoms with van der Waals surface area (Å²) in [6.07, 6.45) is 3.19. The molecule has 0 rings (SSSR count). The second-order valence-corrected chi connectivity index (χ2v) is 7.94. The Morgan fingerprint density at radius 3 is 2.32 bits per heavy atom. The minimum Gasteiger partial charge on any atom is -0.478 e. The summed E-state index contributed by atoms with van der Waals surface area (Å²) in [5.41, 5.74) is 5.22. The van der Waals surface area contributed by atoms with Gasteiger partial charge in [0.25, 0.3) is 0 Å². The molecule has 0 radical (unpaired) electrons. The normalized spacial score (nSPS) is 12.4. The van der Waals surface area contributed by atoms with E-state index in [1.54, 1.807) is 11.8 Å². The first kappa shape index (κ1) is 19.3. The molecule has 0 saturated carbocycles. The van der Waals surface area contributed by atoms with Gasteiger partial charge in [0.2, 0.25) is 5.91 Å². The summed E-state index contributed by atoms with van der Waals surface area (Å²) < 4.78 is 11.6. The Balaban J connectivity index is 3.64. The lowest BCUT2D eigenvalue weighted by atomic mass is 10.2. The molecule has 1 atom stereocenters. The van der Waals surface area contributed by atoms with Crippen molar-refractivity contribution in [1.29, 1.82) is 0 Å². The Labute approximate surface area is 126 Å². The average molecular weight is 305 g/mol. The zero-order valence-electron chi connectivity index (χ0n) is 12.5. The number of nitrogens with two attached hydrogens (primary N) is 1. The van der Waals surface area contributed by atoms with Gasteiger partial charge in [-0.15, -0.1) is 0 Å². The number of hydrogen-bond donors (Lipinski definition) is 1. The Morgan fingerprint density at radius 1 is 1.26 bits per heavy atom. The van der Waals surface area contributed by atoms with E-state index in [-0.39, 0.29) is 11.8 Å². The van der Waals surface area contributed by atoms with Crippen LogP contribution in [-0.4, -0.2) is 45.4 Å². The van der Waals surface area contributed by atoms with Crippen molar-refractivity contribution in [3.63, 3.8) is 0 Å². The van der Waals surface area contributed by atoms with E-state index in [0.29, 0.717) is 0 Å². The van der Waals surface area contributed by atoms with Gasteiger partial charge in [0.15, 0.2) is 0 Å². The Bertz CT molecular complexity index is 224. The molecule has 1 unspecified atom stereocenters. The van der Waals surface area contributed by atoms with Gasteiger partial charge >= 0.3 is 14.8 Å². The van der Waals surface area contributed by atoms with E-state index in [9.17, 15) is 4.79 Å². The van der Waals surface area contributed by atoms with E-state index in [0.717, 1.165) is 49.3 Å². The van der Waals surface area contributed by atoms with Crippen LogP contribution in [0.3, 0.4) is 0 Å². The van der Waals surface area contributed by atoms with Crippen LogP contribution in [0.2, 0.25) is 5.28 Å². The smallest absolute Gasteiger partial charge is 0.478 e. The molecule has 0 saturated heterocycles. The van der Waals surface area contributed by atoms with E-state index < -0.39 is 14.8 Å². The average Bonchev–Trinajstić information content (AvgIpc) is 2.40. The zero-order chi connectivity index (χ0) is 14.5. The van der Waals surface area contributed by atoms with E-state index in [1.807, 2.05) is 6.92 Å². The molecule has 0 aromatic heterocycles. The van der Waals surface area contributed by atoms with Gasteiger partial charge in [-0.25, -0.2) is 0 Å². The Morgan fingerprint density at radius 2 is 1.84 bits per heavy atom. The number of thioether (sulfide) groups is 1. The van der Waals surface area contributed by atoms with Crippen LogP contribution in [0.4, 0.5) is 0 Å². The number of primary amides is 1. The topological polar surface area (TPSA) is 61.5 Å². The zero-order valence-corrected chi connectivity index (χ0v) is 14.5.